The molecule has 0 radical (unpaired) electrons. The number of nitrogens with zero attached hydrogens (tertiary/aromatic N) is 2. The van der Waals surface area contributed by atoms with Gasteiger partial charge in [0.1, 0.15) is 5.82 Å². The summed E-state index contributed by atoms with van der Waals surface area (Å²) in [5.74, 6) is -0.119. The molecule has 0 spiro atoms. The third-order valence-electron chi connectivity index (χ3n) is 3.20. The highest BCUT2D eigenvalue weighted by molar-refractivity contribution is 5.25. The van der Waals surface area contributed by atoms with E-state index in [1.54, 1.807) is 0 Å². The van der Waals surface area contributed by atoms with Crippen molar-refractivity contribution in [3.63, 3.8) is 0 Å². The van der Waals surface area contributed by atoms with Crippen LogP contribution < -0.4 is 11.4 Å². The van der Waals surface area contributed by atoms with E-state index in [2.05, 4.69) is 11.6 Å². The number of nitrogens with two attached hydrogens (primary N) is 1. The maximum absolute atomic E-state index is 11.7. The van der Waals surface area contributed by atoms with E-state index in [-0.39, 0.29) is 24.4 Å². The van der Waals surface area contributed by atoms with Gasteiger partial charge in [0, 0.05) is 18.7 Å². The van der Waals surface area contributed by atoms with Crippen molar-refractivity contribution >= 4 is 5.82 Å². The molecule has 0 aliphatic heterocycles. The van der Waals surface area contributed by atoms with Crippen molar-refractivity contribution in [2.75, 3.05) is 12.3 Å². The molecule has 1 saturated carbocycles. The van der Waals surface area contributed by atoms with Crippen molar-refractivity contribution in [3.8, 4) is 0 Å². The second kappa shape index (κ2) is 4.31. The quantitative estimate of drug-likeness (QED) is 0.590. The van der Waals surface area contributed by atoms with Gasteiger partial charge in [-0.2, -0.15) is 4.98 Å². The van der Waals surface area contributed by atoms with E-state index in [0.29, 0.717) is 12.0 Å². The van der Waals surface area contributed by atoms with Gasteiger partial charge in [-0.3, -0.25) is 4.57 Å². The van der Waals surface area contributed by atoms with E-state index in [1.807, 2.05) is 0 Å². The van der Waals surface area contributed by atoms with Crippen LogP contribution in [0.4, 0.5) is 5.82 Å². The Labute approximate surface area is 98.0 Å². The Morgan fingerprint density at radius 2 is 2.35 bits per heavy atom. The van der Waals surface area contributed by atoms with Gasteiger partial charge in [0.05, 0.1) is 12.1 Å². The van der Waals surface area contributed by atoms with Crippen molar-refractivity contribution in [2.45, 2.75) is 18.6 Å². The summed E-state index contributed by atoms with van der Waals surface area (Å²) < 4.78 is 1.39. The molecule has 3 atom stereocenters. The molecule has 0 saturated heterocycles. The molecular weight excluding hydrogens is 222 g/mol. The number of nitrogen functional groups attached to an aromatic ring is 1. The van der Waals surface area contributed by atoms with E-state index in [4.69, 9.17) is 10.8 Å². The molecule has 6 nitrogen and oxygen atoms in total. The van der Waals surface area contributed by atoms with Crippen LogP contribution in [0.25, 0.3) is 0 Å². The Hall–Kier alpha value is -1.66. The van der Waals surface area contributed by atoms with Gasteiger partial charge in [0.15, 0.2) is 0 Å². The standard InChI is InChI=1S/C11H15N3O3/c1-6-8(4-7(5-15)10(6)16)14-3-2-9(12)13-11(14)17/h2-3,7-8,10,15-16H,1,4-5H2,(H2,12,13,17). The topological polar surface area (TPSA) is 101 Å². The predicted molar refractivity (Wildman–Crippen MR) is 62.3 cm³/mol. The molecule has 1 fully saturated rings. The van der Waals surface area contributed by atoms with Gasteiger partial charge in [-0.25, -0.2) is 4.79 Å². The van der Waals surface area contributed by atoms with Gasteiger partial charge in [-0.1, -0.05) is 6.58 Å². The minimum Gasteiger partial charge on any atom is -0.396 e. The van der Waals surface area contributed by atoms with Crippen LogP contribution in [0.2, 0.25) is 0 Å². The zero-order valence-electron chi connectivity index (χ0n) is 9.28. The Kier molecular flexibility index (Phi) is 2.99. The van der Waals surface area contributed by atoms with E-state index in [1.165, 1.54) is 16.8 Å². The number of aromatic nitrogens is 2. The Morgan fingerprint density at radius 3 is 2.88 bits per heavy atom. The maximum Gasteiger partial charge on any atom is 0.350 e. The second-order valence-corrected chi connectivity index (χ2v) is 4.26. The molecule has 0 aromatic carbocycles. The number of rotatable bonds is 2. The fourth-order valence-electron chi connectivity index (χ4n) is 2.20. The first-order valence-corrected chi connectivity index (χ1v) is 5.37. The lowest BCUT2D eigenvalue weighted by Crippen LogP contribution is -2.27. The Balaban J connectivity index is 2.35. The van der Waals surface area contributed by atoms with Crippen molar-refractivity contribution in [1.82, 2.24) is 9.55 Å². The predicted octanol–water partition coefficient (Wildman–Crippen LogP) is -0.704. The minimum absolute atomic E-state index is 0.131. The zero-order valence-corrected chi connectivity index (χ0v) is 9.28. The normalized spacial score (nSPS) is 28.6. The molecule has 6 heteroatoms. The molecule has 0 bridgehead atoms. The number of hydrogen-bond donors (Lipinski definition) is 3. The number of anilines is 1. The summed E-state index contributed by atoms with van der Waals surface area (Å²) in [5, 5.41) is 18.9. The van der Waals surface area contributed by atoms with E-state index in [0.717, 1.165) is 0 Å². The molecule has 1 aromatic rings. The van der Waals surface area contributed by atoms with Crippen LogP contribution in [0, 0.1) is 5.92 Å². The summed E-state index contributed by atoms with van der Waals surface area (Å²) in [5.41, 5.74) is 5.46. The zero-order chi connectivity index (χ0) is 12.6. The van der Waals surface area contributed by atoms with Crippen LogP contribution in [-0.2, 0) is 0 Å². The van der Waals surface area contributed by atoms with E-state index in [9.17, 15) is 9.90 Å². The molecule has 3 unspecified atom stereocenters. The van der Waals surface area contributed by atoms with E-state index >= 15 is 0 Å². The lowest BCUT2D eigenvalue weighted by Gasteiger charge is -2.14. The molecule has 0 amide bonds. The summed E-state index contributed by atoms with van der Waals surface area (Å²) in [7, 11) is 0. The molecule has 4 N–H and O–H groups in total. The SMILES string of the molecule is C=C1C(O)C(CO)CC1n1ccc(N)nc1=O. The average Bonchev–Trinajstić information content (AvgIpc) is 2.57. The lowest BCUT2D eigenvalue weighted by atomic mass is 10.1. The van der Waals surface area contributed by atoms with Crippen molar-refractivity contribution < 1.29 is 10.2 Å². The van der Waals surface area contributed by atoms with Gasteiger partial charge in [0.2, 0.25) is 0 Å². The average molecular weight is 237 g/mol. The number of aliphatic hydroxyl groups excluding tert-OH is 2. The largest absolute Gasteiger partial charge is 0.396 e. The molecule has 1 aliphatic rings. The van der Waals surface area contributed by atoms with Crippen LogP contribution in [0.3, 0.4) is 0 Å². The van der Waals surface area contributed by atoms with Gasteiger partial charge in [0.25, 0.3) is 0 Å². The highest BCUT2D eigenvalue weighted by Gasteiger charge is 2.37. The second-order valence-electron chi connectivity index (χ2n) is 4.26. The van der Waals surface area contributed by atoms with Crippen LogP contribution in [0.1, 0.15) is 12.5 Å². The lowest BCUT2D eigenvalue weighted by molar-refractivity contribution is 0.111. The molecule has 17 heavy (non-hydrogen) atoms. The molecule has 2 rings (SSSR count). The highest BCUT2D eigenvalue weighted by atomic mass is 16.3. The van der Waals surface area contributed by atoms with Gasteiger partial charge >= 0.3 is 5.69 Å². The van der Waals surface area contributed by atoms with Gasteiger partial charge in [-0.05, 0) is 18.1 Å². The molecule has 1 heterocycles. The van der Waals surface area contributed by atoms with Crippen LogP contribution in [0.15, 0.2) is 29.2 Å². The Morgan fingerprint density at radius 1 is 1.65 bits per heavy atom. The third-order valence-corrected chi connectivity index (χ3v) is 3.20. The maximum atomic E-state index is 11.7. The van der Waals surface area contributed by atoms with Gasteiger partial charge in [-0.15, -0.1) is 0 Å². The monoisotopic (exact) mass is 237 g/mol. The van der Waals surface area contributed by atoms with Crippen molar-refractivity contribution in [1.29, 1.82) is 0 Å². The summed E-state index contributed by atoms with van der Waals surface area (Å²) in [6, 6.07) is 1.19. The molecule has 92 valence electrons. The molecule has 1 aromatic heterocycles. The molecular formula is C11H15N3O3. The van der Waals surface area contributed by atoms with Crippen molar-refractivity contribution in [2.24, 2.45) is 5.92 Å². The van der Waals surface area contributed by atoms with Crippen LogP contribution in [0.5, 0.6) is 0 Å². The molecule has 1 aliphatic carbocycles. The van der Waals surface area contributed by atoms with Crippen LogP contribution in [-0.4, -0.2) is 32.5 Å². The van der Waals surface area contributed by atoms with Crippen molar-refractivity contribution in [3.05, 3.63) is 34.9 Å². The first kappa shape index (κ1) is 11.8. The number of aliphatic hydroxyl groups is 2. The smallest absolute Gasteiger partial charge is 0.350 e. The fraction of sp³-hybridized carbons (Fsp3) is 0.455. The van der Waals surface area contributed by atoms with Crippen LogP contribution >= 0.6 is 0 Å². The number of hydrogen-bond acceptors (Lipinski definition) is 5. The first-order valence-electron chi connectivity index (χ1n) is 5.37. The summed E-state index contributed by atoms with van der Waals surface area (Å²) in [6.45, 7) is 3.64. The highest BCUT2D eigenvalue weighted by Crippen LogP contribution is 2.37. The minimum atomic E-state index is -0.783. The summed E-state index contributed by atoms with van der Waals surface area (Å²) in [4.78, 5) is 15.3. The third kappa shape index (κ3) is 1.96. The Bertz CT molecular complexity index is 497. The summed E-state index contributed by atoms with van der Waals surface area (Å²) >= 11 is 0. The fourth-order valence-corrected chi connectivity index (χ4v) is 2.20. The summed E-state index contributed by atoms with van der Waals surface area (Å²) in [6.07, 6.45) is 1.23. The van der Waals surface area contributed by atoms with Gasteiger partial charge < -0.3 is 15.9 Å². The first-order chi connectivity index (χ1) is 8.04. The van der Waals surface area contributed by atoms with E-state index < -0.39 is 11.8 Å².